The predicted molar refractivity (Wildman–Crippen MR) is 57.2 cm³/mol. The molecule has 0 bridgehead atoms. The smallest absolute Gasteiger partial charge is 0.297 e. The van der Waals surface area contributed by atoms with E-state index in [0.717, 1.165) is 5.69 Å². The molecule has 0 aliphatic heterocycles. The number of hydrogen-bond acceptors (Lipinski definition) is 1. The second-order valence-corrected chi connectivity index (χ2v) is 3.05. The highest BCUT2D eigenvalue weighted by Gasteiger charge is 2.08. The number of amides is 2. The summed E-state index contributed by atoms with van der Waals surface area (Å²) in [6.45, 7) is 0. The minimum Gasteiger partial charge on any atom is -0.297 e. The van der Waals surface area contributed by atoms with Gasteiger partial charge in [-0.2, -0.15) is 0 Å². The first kappa shape index (κ1) is 10.4. The molecule has 14 heavy (non-hydrogen) atoms. The average Bonchev–Trinajstić information content (AvgIpc) is 2.18. The number of anilines is 1. The largest absolute Gasteiger partial charge is 0.333 e. The molecule has 0 heterocycles. The van der Waals surface area contributed by atoms with Gasteiger partial charge < -0.3 is 0 Å². The zero-order valence-electron chi connectivity index (χ0n) is 7.62. The number of rotatable bonds is 1. The molecular formula is C10H9ClN2O. The number of carbonyl (C=O) groups excluding carboxylic acids is 1. The number of nitrogens with one attached hydrogen (secondary N) is 1. The maximum Gasteiger partial charge on any atom is 0.333 e. The number of hydrogen-bond donors (Lipinski definition) is 1. The van der Waals surface area contributed by atoms with Crippen LogP contribution in [0.25, 0.3) is 0 Å². The van der Waals surface area contributed by atoms with E-state index in [9.17, 15) is 4.79 Å². The van der Waals surface area contributed by atoms with E-state index >= 15 is 0 Å². The second kappa shape index (κ2) is 4.54. The average molecular weight is 209 g/mol. The van der Waals surface area contributed by atoms with Crippen LogP contribution in [0.15, 0.2) is 24.3 Å². The lowest BCUT2D eigenvalue weighted by Crippen LogP contribution is -2.34. The molecule has 0 atom stereocenters. The van der Waals surface area contributed by atoms with Crippen molar-refractivity contribution in [1.29, 1.82) is 0 Å². The summed E-state index contributed by atoms with van der Waals surface area (Å²) in [7, 11) is 1.62. The van der Waals surface area contributed by atoms with Crippen molar-refractivity contribution in [3.8, 4) is 12.5 Å². The van der Waals surface area contributed by atoms with Crippen LogP contribution in [0.3, 0.4) is 0 Å². The van der Waals surface area contributed by atoms with E-state index in [1.54, 1.807) is 31.3 Å². The van der Waals surface area contributed by atoms with Gasteiger partial charge in [0.05, 0.1) is 0 Å². The Morgan fingerprint density at radius 2 is 2.07 bits per heavy atom. The minimum atomic E-state index is -0.352. The standard InChI is InChI=1S/C10H9ClN2O/c1-3-12-10(14)13(2)9-6-4-8(11)5-7-9/h1,4-7H,2H3,(H,12,14). The zero-order valence-corrected chi connectivity index (χ0v) is 8.38. The number of nitrogens with zero attached hydrogens (tertiary/aromatic N) is 1. The fraction of sp³-hybridized carbons (Fsp3) is 0.100. The number of urea groups is 1. The van der Waals surface area contributed by atoms with Crippen LogP contribution in [-0.4, -0.2) is 13.1 Å². The molecule has 1 aromatic rings. The van der Waals surface area contributed by atoms with Gasteiger partial charge in [-0.25, -0.2) is 4.79 Å². The second-order valence-electron chi connectivity index (χ2n) is 2.61. The summed E-state index contributed by atoms with van der Waals surface area (Å²) < 4.78 is 0. The molecule has 0 spiro atoms. The first-order valence-corrected chi connectivity index (χ1v) is 4.28. The van der Waals surface area contributed by atoms with Crippen LogP contribution in [0.4, 0.5) is 10.5 Å². The Morgan fingerprint density at radius 3 is 2.57 bits per heavy atom. The number of terminal acetylenes is 1. The van der Waals surface area contributed by atoms with Crippen molar-refractivity contribution in [2.45, 2.75) is 0 Å². The Morgan fingerprint density at radius 1 is 1.50 bits per heavy atom. The summed E-state index contributed by atoms with van der Waals surface area (Å²) in [5, 5.41) is 2.86. The highest BCUT2D eigenvalue weighted by atomic mass is 35.5. The highest BCUT2D eigenvalue weighted by Crippen LogP contribution is 2.16. The molecular weight excluding hydrogens is 200 g/mol. The lowest BCUT2D eigenvalue weighted by molar-refractivity contribution is 0.251. The van der Waals surface area contributed by atoms with Gasteiger partial charge in [-0.1, -0.05) is 18.0 Å². The first-order valence-electron chi connectivity index (χ1n) is 3.90. The molecule has 0 saturated carbocycles. The molecule has 2 amide bonds. The third-order valence-corrected chi connectivity index (χ3v) is 1.95. The van der Waals surface area contributed by atoms with Crippen molar-refractivity contribution < 1.29 is 4.79 Å². The van der Waals surface area contributed by atoms with Gasteiger partial charge in [0.25, 0.3) is 0 Å². The van der Waals surface area contributed by atoms with E-state index in [1.165, 1.54) is 4.90 Å². The Kier molecular flexibility index (Phi) is 3.38. The van der Waals surface area contributed by atoms with Crippen molar-refractivity contribution in [3.05, 3.63) is 29.3 Å². The summed E-state index contributed by atoms with van der Waals surface area (Å²) in [6, 6.07) is 8.59. The van der Waals surface area contributed by atoms with Gasteiger partial charge in [0, 0.05) is 23.8 Å². The third kappa shape index (κ3) is 2.41. The van der Waals surface area contributed by atoms with Gasteiger partial charge in [-0.15, -0.1) is 0 Å². The Labute approximate surface area is 87.7 Å². The van der Waals surface area contributed by atoms with Crippen LogP contribution in [0.5, 0.6) is 0 Å². The lowest BCUT2D eigenvalue weighted by atomic mass is 10.3. The molecule has 0 aliphatic carbocycles. The number of halogens is 1. The van der Waals surface area contributed by atoms with Gasteiger partial charge in [0.2, 0.25) is 0 Å². The van der Waals surface area contributed by atoms with Crippen LogP contribution in [0.1, 0.15) is 0 Å². The molecule has 1 rings (SSSR count). The number of carbonyl (C=O) groups is 1. The topological polar surface area (TPSA) is 32.3 Å². The van der Waals surface area contributed by atoms with Crippen LogP contribution in [0, 0.1) is 12.5 Å². The Bertz CT molecular complexity index is 367. The SMILES string of the molecule is C#CNC(=O)N(C)c1ccc(Cl)cc1. The Balaban J connectivity index is 2.80. The van der Waals surface area contributed by atoms with Crippen molar-refractivity contribution in [1.82, 2.24) is 5.32 Å². The summed E-state index contributed by atoms with van der Waals surface area (Å²) >= 11 is 5.71. The maximum atomic E-state index is 11.3. The van der Waals surface area contributed by atoms with E-state index in [0.29, 0.717) is 5.02 Å². The zero-order chi connectivity index (χ0) is 10.6. The van der Waals surface area contributed by atoms with Gasteiger partial charge in [0.1, 0.15) is 0 Å². The van der Waals surface area contributed by atoms with Crippen LogP contribution >= 0.6 is 11.6 Å². The van der Waals surface area contributed by atoms with E-state index in [1.807, 2.05) is 0 Å². The molecule has 4 heteroatoms. The molecule has 0 unspecified atom stereocenters. The van der Waals surface area contributed by atoms with E-state index in [2.05, 4.69) is 11.4 Å². The van der Waals surface area contributed by atoms with Gasteiger partial charge in [-0.05, 0) is 24.3 Å². The maximum absolute atomic E-state index is 11.3. The van der Waals surface area contributed by atoms with E-state index in [-0.39, 0.29) is 6.03 Å². The quantitative estimate of drug-likeness (QED) is 0.556. The van der Waals surface area contributed by atoms with Gasteiger partial charge >= 0.3 is 6.03 Å². The van der Waals surface area contributed by atoms with Crippen molar-refractivity contribution in [2.75, 3.05) is 11.9 Å². The monoisotopic (exact) mass is 208 g/mol. The molecule has 0 aliphatic rings. The Hall–Kier alpha value is -1.66. The van der Waals surface area contributed by atoms with Crippen molar-refractivity contribution in [3.63, 3.8) is 0 Å². The highest BCUT2D eigenvalue weighted by molar-refractivity contribution is 6.30. The number of benzene rings is 1. The lowest BCUT2D eigenvalue weighted by Gasteiger charge is -2.15. The van der Waals surface area contributed by atoms with E-state index in [4.69, 9.17) is 18.0 Å². The van der Waals surface area contributed by atoms with Gasteiger partial charge in [-0.3, -0.25) is 10.2 Å². The predicted octanol–water partition coefficient (Wildman–Crippen LogP) is 2.08. The van der Waals surface area contributed by atoms with Crippen LogP contribution < -0.4 is 10.2 Å². The molecule has 0 saturated heterocycles. The summed E-state index contributed by atoms with van der Waals surface area (Å²) in [5.74, 6) is 0. The minimum absolute atomic E-state index is 0.352. The molecule has 72 valence electrons. The fourth-order valence-corrected chi connectivity index (χ4v) is 1.05. The molecule has 1 aromatic carbocycles. The normalized spacial score (nSPS) is 8.93. The summed E-state index contributed by atoms with van der Waals surface area (Å²) in [4.78, 5) is 12.7. The molecule has 0 radical (unpaired) electrons. The van der Waals surface area contributed by atoms with Gasteiger partial charge in [0.15, 0.2) is 0 Å². The molecule has 0 aromatic heterocycles. The first-order chi connectivity index (χ1) is 6.65. The summed E-state index contributed by atoms with van der Waals surface area (Å²) in [6.07, 6.45) is 4.94. The van der Waals surface area contributed by atoms with Crippen molar-refractivity contribution >= 4 is 23.3 Å². The van der Waals surface area contributed by atoms with Crippen LogP contribution in [-0.2, 0) is 0 Å². The van der Waals surface area contributed by atoms with Crippen molar-refractivity contribution in [2.24, 2.45) is 0 Å². The molecule has 1 N–H and O–H groups in total. The summed E-state index contributed by atoms with van der Waals surface area (Å²) in [5.41, 5.74) is 0.724. The fourth-order valence-electron chi connectivity index (χ4n) is 0.928. The van der Waals surface area contributed by atoms with E-state index < -0.39 is 0 Å². The molecule has 0 fully saturated rings. The molecule has 3 nitrogen and oxygen atoms in total. The van der Waals surface area contributed by atoms with Crippen LogP contribution in [0.2, 0.25) is 5.02 Å². The third-order valence-electron chi connectivity index (χ3n) is 1.70.